The maximum Gasteiger partial charge on any atom is 0.254 e. The van der Waals surface area contributed by atoms with Gasteiger partial charge in [-0.05, 0) is 55.7 Å². The van der Waals surface area contributed by atoms with Crippen LogP contribution in [0.25, 0.3) is 0 Å². The van der Waals surface area contributed by atoms with E-state index in [-0.39, 0.29) is 46.0 Å². The van der Waals surface area contributed by atoms with Gasteiger partial charge >= 0.3 is 0 Å². The number of benzene rings is 2. The summed E-state index contributed by atoms with van der Waals surface area (Å²) in [7, 11) is -3.45. The minimum atomic E-state index is -3.45. The largest absolute Gasteiger partial charge is 0.381 e. The lowest BCUT2D eigenvalue weighted by Crippen LogP contribution is -2.51. The zero-order chi connectivity index (χ0) is 24.5. The Balaban J connectivity index is 1.56. The van der Waals surface area contributed by atoms with Gasteiger partial charge in [-0.3, -0.25) is 9.59 Å². The molecular weight excluding hydrogens is 476 g/mol. The summed E-state index contributed by atoms with van der Waals surface area (Å²) < 4.78 is 30.0. The monoisotopic (exact) mass is 504 g/mol. The van der Waals surface area contributed by atoms with E-state index in [4.69, 9.17) is 16.3 Å². The number of likely N-dealkylation sites (tertiary alicyclic amines) is 1. The summed E-state index contributed by atoms with van der Waals surface area (Å²) in [5, 5.41) is 3.76. The molecule has 7 nitrogen and oxygen atoms in total. The summed E-state index contributed by atoms with van der Waals surface area (Å²) >= 11 is 6.04. The number of hydrogen-bond acceptors (Lipinski definition) is 5. The van der Waals surface area contributed by atoms with Gasteiger partial charge in [-0.2, -0.15) is 0 Å². The Bertz CT molecular complexity index is 1160. The molecule has 2 aromatic rings. The van der Waals surface area contributed by atoms with E-state index in [1.54, 1.807) is 36.1 Å². The Morgan fingerprint density at radius 3 is 2.47 bits per heavy atom. The molecule has 4 rings (SSSR count). The van der Waals surface area contributed by atoms with Crippen molar-refractivity contribution in [3.8, 4) is 0 Å². The molecule has 0 unspecified atom stereocenters. The van der Waals surface area contributed by atoms with Gasteiger partial charge in [-0.1, -0.05) is 36.7 Å². The zero-order valence-electron chi connectivity index (χ0n) is 19.2. The van der Waals surface area contributed by atoms with Crippen molar-refractivity contribution in [2.75, 3.05) is 19.0 Å². The molecule has 2 heterocycles. The highest BCUT2D eigenvalue weighted by atomic mass is 35.5. The fraction of sp³-hybridized carbons (Fsp3) is 0.440. The molecule has 2 aliphatic rings. The molecule has 2 amide bonds. The molecule has 2 aromatic carbocycles. The molecule has 34 heavy (non-hydrogen) atoms. The van der Waals surface area contributed by atoms with Gasteiger partial charge in [0.2, 0.25) is 5.91 Å². The average molecular weight is 505 g/mol. The summed E-state index contributed by atoms with van der Waals surface area (Å²) in [5.41, 5.74) is 1.20. The van der Waals surface area contributed by atoms with Crippen LogP contribution in [0.15, 0.2) is 53.4 Å². The fourth-order valence-corrected chi connectivity index (χ4v) is 5.61. The lowest BCUT2D eigenvalue weighted by atomic mass is 9.91. The van der Waals surface area contributed by atoms with Crippen molar-refractivity contribution in [2.45, 2.75) is 49.7 Å². The summed E-state index contributed by atoms with van der Waals surface area (Å²) in [6.07, 6.45) is 1.23. The van der Waals surface area contributed by atoms with Gasteiger partial charge in [0.25, 0.3) is 5.91 Å². The van der Waals surface area contributed by atoms with Gasteiger partial charge < -0.3 is 15.0 Å². The Morgan fingerprint density at radius 2 is 1.85 bits per heavy atom. The maximum absolute atomic E-state index is 13.5. The topological polar surface area (TPSA) is 92.8 Å². The van der Waals surface area contributed by atoms with Crippen molar-refractivity contribution < 1.29 is 22.7 Å². The van der Waals surface area contributed by atoms with Gasteiger partial charge in [0.15, 0.2) is 9.84 Å². The molecule has 0 bridgehead atoms. The van der Waals surface area contributed by atoms with Crippen molar-refractivity contribution in [3.63, 3.8) is 0 Å². The molecule has 0 saturated carbocycles. The minimum Gasteiger partial charge on any atom is -0.381 e. The van der Waals surface area contributed by atoms with Crippen molar-refractivity contribution in [1.82, 2.24) is 10.2 Å². The standard InChI is InChI=1S/C25H29ClN2O5S/c1-3-34(31,32)21-6-4-5-18(13-21)25(30)28-16(2)7-12-22(28)24(29)27-23(19-14-33-15-19)17-8-10-20(26)11-9-17/h4-6,8-11,13,16,19,22-23H,3,7,12,14-15H2,1-2H3,(H,27,29)/t16-,22-,23+/m1/s1. The number of hydrogen-bond donors (Lipinski definition) is 1. The Hall–Kier alpha value is -2.42. The first-order valence-corrected chi connectivity index (χ1v) is 13.5. The van der Waals surface area contributed by atoms with Crippen molar-refractivity contribution in [1.29, 1.82) is 0 Å². The zero-order valence-corrected chi connectivity index (χ0v) is 20.8. The third-order valence-corrected chi connectivity index (χ3v) is 8.67. The van der Waals surface area contributed by atoms with E-state index in [0.717, 1.165) is 5.56 Å². The number of carbonyl (C=O) groups excluding carboxylic acids is 2. The van der Waals surface area contributed by atoms with Crippen LogP contribution in [0.4, 0.5) is 0 Å². The van der Waals surface area contributed by atoms with Crippen LogP contribution in [0, 0.1) is 5.92 Å². The molecule has 0 aliphatic carbocycles. The van der Waals surface area contributed by atoms with Crippen LogP contribution < -0.4 is 5.32 Å². The normalized spacial score (nSPS) is 21.7. The van der Waals surface area contributed by atoms with Crippen LogP contribution in [0.5, 0.6) is 0 Å². The van der Waals surface area contributed by atoms with Gasteiger partial charge in [-0.15, -0.1) is 0 Å². The Labute approximate surface area is 205 Å². The number of sulfone groups is 1. The fourth-order valence-electron chi connectivity index (χ4n) is 4.56. The number of carbonyl (C=O) groups is 2. The Kier molecular flexibility index (Phi) is 7.31. The predicted octanol–water partition coefficient (Wildman–Crippen LogP) is 3.63. The number of ether oxygens (including phenoxy) is 1. The lowest BCUT2D eigenvalue weighted by Gasteiger charge is -2.36. The van der Waals surface area contributed by atoms with Crippen molar-refractivity contribution in [3.05, 3.63) is 64.7 Å². The van der Waals surface area contributed by atoms with Crippen molar-refractivity contribution in [2.24, 2.45) is 5.92 Å². The van der Waals surface area contributed by atoms with Crippen LogP contribution in [0.3, 0.4) is 0 Å². The third kappa shape index (κ3) is 4.99. The molecule has 0 spiro atoms. The first-order valence-electron chi connectivity index (χ1n) is 11.5. The number of nitrogens with one attached hydrogen (secondary N) is 1. The highest BCUT2D eigenvalue weighted by Gasteiger charge is 2.41. The molecule has 2 aliphatic heterocycles. The van der Waals surface area contributed by atoms with Crippen LogP contribution in [0.2, 0.25) is 5.02 Å². The summed E-state index contributed by atoms with van der Waals surface area (Å²) in [5.74, 6) is -0.466. The molecule has 182 valence electrons. The second-order valence-electron chi connectivity index (χ2n) is 8.92. The number of halogens is 1. The van der Waals surface area contributed by atoms with E-state index < -0.39 is 15.9 Å². The predicted molar refractivity (Wildman–Crippen MR) is 129 cm³/mol. The lowest BCUT2D eigenvalue weighted by molar-refractivity contribution is -0.128. The maximum atomic E-state index is 13.5. The quantitative estimate of drug-likeness (QED) is 0.621. The van der Waals surface area contributed by atoms with E-state index in [0.29, 0.717) is 31.1 Å². The minimum absolute atomic E-state index is 0.0488. The van der Waals surface area contributed by atoms with E-state index >= 15 is 0 Å². The van der Waals surface area contributed by atoms with Crippen LogP contribution in [-0.2, 0) is 19.4 Å². The van der Waals surface area contributed by atoms with Crippen LogP contribution >= 0.6 is 11.6 Å². The van der Waals surface area contributed by atoms with Gasteiger partial charge in [0, 0.05) is 22.5 Å². The first kappa shape index (κ1) is 24.7. The molecule has 3 atom stereocenters. The molecule has 2 saturated heterocycles. The molecule has 2 fully saturated rings. The average Bonchev–Trinajstić information content (AvgIpc) is 3.19. The second kappa shape index (κ2) is 10.1. The summed E-state index contributed by atoms with van der Waals surface area (Å²) in [6, 6.07) is 12.4. The van der Waals surface area contributed by atoms with E-state index in [2.05, 4.69) is 5.32 Å². The third-order valence-electron chi connectivity index (χ3n) is 6.69. The van der Waals surface area contributed by atoms with Crippen LogP contribution in [-0.4, -0.2) is 56.2 Å². The molecule has 0 aromatic heterocycles. The summed E-state index contributed by atoms with van der Waals surface area (Å²) in [6.45, 7) is 4.58. The highest BCUT2D eigenvalue weighted by molar-refractivity contribution is 7.91. The van der Waals surface area contributed by atoms with E-state index in [1.807, 2.05) is 19.1 Å². The number of rotatable bonds is 7. The van der Waals surface area contributed by atoms with E-state index in [1.165, 1.54) is 12.1 Å². The van der Waals surface area contributed by atoms with Gasteiger partial charge in [0.1, 0.15) is 6.04 Å². The smallest absolute Gasteiger partial charge is 0.254 e. The second-order valence-corrected chi connectivity index (χ2v) is 11.6. The Morgan fingerprint density at radius 1 is 1.15 bits per heavy atom. The van der Waals surface area contributed by atoms with Crippen molar-refractivity contribution >= 4 is 33.3 Å². The molecular formula is C25H29ClN2O5S. The summed E-state index contributed by atoms with van der Waals surface area (Å²) in [4.78, 5) is 28.6. The number of amides is 2. The molecule has 9 heteroatoms. The molecule has 1 N–H and O–H groups in total. The number of nitrogens with zero attached hydrogens (tertiary/aromatic N) is 1. The van der Waals surface area contributed by atoms with Gasteiger partial charge in [0.05, 0.1) is 29.9 Å². The van der Waals surface area contributed by atoms with E-state index in [9.17, 15) is 18.0 Å². The highest BCUT2D eigenvalue weighted by Crippen LogP contribution is 2.31. The SMILES string of the molecule is CCS(=O)(=O)c1cccc(C(=O)N2[C@H](C)CC[C@@H]2C(=O)N[C@@H](c2ccc(Cl)cc2)C2COC2)c1. The van der Waals surface area contributed by atoms with Crippen LogP contribution in [0.1, 0.15) is 48.7 Å². The molecule has 0 radical (unpaired) electrons. The van der Waals surface area contributed by atoms with Gasteiger partial charge in [-0.25, -0.2) is 8.42 Å². The first-order chi connectivity index (χ1) is 16.2.